The number of anilines is 1. The number of hydrogen-bond donors (Lipinski definition) is 3. The third-order valence-corrected chi connectivity index (χ3v) is 2.12. The third kappa shape index (κ3) is 4.69. The molecule has 0 aliphatic rings. The number of amides is 2. The number of benzene rings is 1. The van der Waals surface area contributed by atoms with Crippen LogP contribution in [0.5, 0.6) is 0 Å². The molecule has 2 amide bonds. The molecule has 17 heavy (non-hydrogen) atoms. The number of carbonyl (C=O) groups is 2. The highest BCUT2D eigenvalue weighted by Gasteiger charge is 2.06. The fourth-order valence-corrected chi connectivity index (χ4v) is 1.25. The van der Waals surface area contributed by atoms with Crippen molar-refractivity contribution in [3.63, 3.8) is 0 Å². The number of carbonyl (C=O) groups excluding carboxylic acids is 1. The number of carboxylic acids is 1. The molecule has 1 aromatic carbocycles. The molecule has 0 aromatic heterocycles. The van der Waals surface area contributed by atoms with Crippen molar-refractivity contribution in [2.24, 2.45) is 0 Å². The van der Waals surface area contributed by atoms with Gasteiger partial charge in [0, 0.05) is 6.54 Å². The average Bonchev–Trinajstić information content (AvgIpc) is 2.21. The first kappa shape index (κ1) is 13.2. The van der Waals surface area contributed by atoms with Crippen LogP contribution in [0, 0.1) is 5.82 Å². The number of hydrogen-bond acceptors (Lipinski definition) is 2. The molecule has 7 heteroatoms. The fourth-order valence-electron chi connectivity index (χ4n) is 1.04. The highest BCUT2D eigenvalue weighted by molar-refractivity contribution is 6.33. The minimum Gasteiger partial charge on any atom is -0.481 e. The largest absolute Gasteiger partial charge is 0.481 e. The summed E-state index contributed by atoms with van der Waals surface area (Å²) in [4.78, 5) is 21.5. The number of aliphatic carboxylic acids is 1. The van der Waals surface area contributed by atoms with E-state index in [4.69, 9.17) is 16.7 Å². The minimum absolute atomic E-state index is 0.0000194. The smallest absolute Gasteiger partial charge is 0.319 e. The molecule has 0 bridgehead atoms. The average molecular weight is 261 g/mol. The van der Waals surface area contributed by atoms with Crippen molar-refractivity contribution in [2.45, 2.75) is 6.42 Å². The zero-order valence-electron chi connectivity index (χ0n) is 8.67. The van der Waals surface area contributed by atoms with Crippen molar-refractivity contribution < 1.29 is 19.1 Å². The predicted molar refractivity (Wildman–Crippen MR) is 60.7 cm³/mol. The number of rotatable bonds is 4. The van der Waals surface area contributed by atoms with Crippen LogP contribution in [0.25, 0.3) is 0 Å². The van der Waals surface area contributed by atoms with E-state index in [0.717, 1.165) is 12.1 Å². The lowest BCUT2D eigenvalue weighted by Crippen LogP contribution is -2.30. The maximum atomic E-state index is 12.7. The summed E-state index contributed by atoms with van der Waals surface area (Å²) in [6.45, 7) is -0.0000194. The molecule has 0 radical (unpaired) electrons. The first-order chi connectivity index (χ1) is 7.99. The monoisotopic (exact) mass is 260 g/mol. The molecule has 0 unspecified atom stereocenters. The Kier molecular flexibility index (Phi) is 4.71. The summed E-state index contributed by atoms with van der Waals surface area (Å²) in [7, 11) is 0. The van der Waals surface area contributed by atoms with Gasteiger partial charge in [-0.2, -0.15) is 0 Å². The van der Waals surface area contributed by atoms with E-state index in [2.05, 4.69) is 10.6 Å². The fraction of sp³-hybridized carbons (Fsp3) is 0.200. The Labute approximate surface area is 102 Å². The molecule has 1 rings (SSSR count). The Morgan fingerprint density at radius 1 is 1.41 bits per heavy atom. The van der Waals surface area contributed by atoms with E-state index in [9.17, 15) is 14.0 Å². The molecule has 0 aliphatic carbocycles. The van der Waals surface area contributed by atoms with Crippen molar-refractivity contribution in [3.8, 4) is 0 Å². The number of carboxylic acid groups (broad SMARTS) is 1. The Balaban J connectivity index is 2.48. The van der Waals surface area contributed by atoms with Gasteiger partial charge in [-0.3, -0.25) is 4.79 Å². The van der Waals surface area contributed by atoms with Crippen LogP contribution < -0.4 is 10.6 Å². The van der Waals surface area contributed by atoms with Crippen LogP contribution in [0.4, 0.5) is 14.9 Å². The van der Waals surface area contributed by atoms with E-state index in [1.54, 1.807) is 0 Å². The Hall–Kier alpha value is -1.82. The summed E-state index contributed by atoms with van der Waals surface area (Å²) < 4.78 is 12.7. The molecular formula is C10H10ClFN2O3. The molecule has 0 aliphatic heterocycles. The van der Waals surface area contributed by atoms with Gasteiger partial charge in [-0.1, -0.05) is 11.6 Å². The number of urea groups is 1. The van der Waals surface area contributed by atoms with Gasteiger partial charge in [-0.25, -0.2) is 9.18 Å². The van der Waals surface area contributed by atoms with Crippen molar-refractivity contribution in [1.82, 2.24) is 5.32 Å². The molecule has 92 valence electrons. The summed E-state index contributed by atoms with van der Waals surface area (Å²) in [5.41, 5.74) is 0.251. The Morgan fingerprint density at radius 2 is 2.12 bits per heavy atom. The third-order valence-electron chi connectivity index (χ3n) is 1.80. The van der Waals surface area contributed by atoms with Gasteiger partial charge in [0.05, 0.1) is 17.1 Å². The molecule has 0 saturated carbocycles. The number of nitrogens with one attached hydrogen (secondary N) is 2. The van der Waals surface area contributed by atoms with E-state index in [1.807, 2.05) is 0 Å². The van der Waals surface area contributed by atoms with Gasteiger partial charge < -0.3 is 15.7 Å². The molecule has 0 heterocycles. The summed E-state index contributed by atoms with van der Waals surface area (Å²) in [5, 5.41) is 13.1. The van der Waals surface area contributed by atoms with Gasteiger partial charge in [0.2, 0.25) is 0 Å². The highest BCUT2D eigenvalue weighted by Crippen LogP contribution is 2.21. The summed E-state index contributed by atoms with van der Waals surface area (Å²) >= 11 is 5.68. The van der Waals surface area contributed by atoms with E-state index in [-0.39, 0.29) is 23.7 Å². The zero-order chi connectivity index (χ0) is 12.8. The van der Waals surface area contributed by atoms with Crippen molar-refractivity contribution in [1.29, 1.82) is 0 Å². The Morgan fingerprint density at radius 3 is 2.71 bits per heavy atom. The lowest BCUT2D eigenvalue weighted by atomic mass is 10.3. The van der Waals surface area contributed by atoms with Crippen LogP contribution in [0.2, 0.25) is 5.02 Å². The molecule has 3 N–H and O–H groups in total. The van der Waals surface area contributed by atoms with E-state index in [0.29, 0.717) is 0 Å². The SMILES string of the molecule is O=C(O)CCNC(=O)Nc1ccc(F)cc1Cl. The lowest BCUT2D eigenvalue weighted by molar-refractivity contribution is -0.136. The van der Waals surface area contributed by atoms with Gasteiger partial charge in [-0.05, 0) is 18.2 Å². The minimum atomic E-state index is -1.01. The standard InChI is InChI=1S/C10H10ClFN2O3/c11-7-5-6(12)1-2-8(7)14-10(17)13-4-3-9(15)16/h1-2,5H,3-4H2,(H,15,16)(H2,13,14,17). The molecular weight excluding hydrogens is 251 g/mol. The van der Waals surface area contributed by atoms with Crippen LogP contribution in [0.15, 0.2) is 18.2 Å². The molecule has 0 saturated heterocycles. The maximum Gasteiger partial charge on any atom is 0.319 e. The number of halogens is 2. The molecule has 0 spiro atoms. The molecule has 1 aromatic rings. The predicted octanol–water partition coefficient (Wildman–Crippen LogP) is 2.08. The molecule has 5 nitrogen and oxygen atoms in total. The normalized spacial score (nSPS) is 9.76. The van der Waals surface area contributed by atoms with Gasteiger partial charge in [0.1, 0.15) is 5.82 Å². The Bertz CT molecular complexity index is 440. The van der Waals surface area contributed by atoms with Crippen LogP contribution in [0.3, 0.4) is 0 Å². The first-order valence-corrected chi connectivity index (χ1v) is 5.08. The maximum absolute atomic E-state index is 12.7. The van der Waals surface area contributed by atoms with Crippen LogP contribution in [0.1, 0.15) is 6.42 Å². The van der Waals surface area contributed by atoms with Crippen molar-refractivity contribution in [3.05, 3.63) is 29.0 Å². The van der Waals surface area contributed by atoms with E-state index >= 15 is 0 Å². The molecule has 0 fully saturated rings. The first-order valence-electron chi connectivity index (χ1n) is 4.70. The second-order valence-corrected chi connectivity index (χ2v) is 3.56. The van der Waals surface area contributed by atoms with Crippen LogP contribution >= 0.6 is 11.6 Å². The van der Waals surface area contributed by atoms with Crippen LogP contribution in [-0.4, -0.2) is 23.7 Å². The summed E-state index contributed by atoms with van der Waals surface area (Å²) in [5.74, 6) is -1.52. The lowest BCUT2D eigenvalue weighted by Gasteiger charge is -2.08. The van der Waals surface area contributed by atoms with Crippen LogP contribution in [-0.2, 0) is 4.79 Å². The highest BCUT2D eigenvalue weighted by atomic mass is 35.5. The quantitative estimate of drug-likeness (QED) is 0.775. The zero-order valence-corrected chi connectivity index (χ0v) is 9.42. The van der Waals surface area contributed by atoms with Gasteiger partial charge >= 0.3 is 12.0 Å². The second kappa shape index (κ2) is 6.05. The topological polar surface area (TPSA) is 78.4 Å². The van der Waals surface area contributed by atoms with E-state index in [1.165, 1.54) is 6.07 Å². The van der Waals surface area contributed by atoms with Gasteiger partial charge in [0.25, 0.3) is 0 Å². The van der Waals surface area contributed by atoms with Crippen molar-refractivity contribution in [2.75, 3.05) is 11.9 Å². The summed E-state index contributed by atoms with van der Waals surface area (Å²) in [6.07, 6.45) is -0.176. The molecule has 0 atom stereocenters. The second-order valence-electron chi connectivity index (χ2n) is 3.15. The van der Waals surface area contributed by atoms with E-state index < -0.39 is 17.8 Å². The van der Waals surface area contributed by atoms with Gasteiger partial charge in [0.15, 0.2) is 0 Å². The van der Waals surface area contributed by atoms with Gasteiger partial charge in [-0.15, -0.1) is 0 Å². The summed E-state index contributed by atoms with van der Waals surface area (Å²) in [6, 6.07) is 2.93. The van der Waals surface area contributed by atoms with Crippen molar-refractivity contribution >= 4 is 29.3 Å².